The fourth-order valence-electron chi connectivity index (χ4n) is 2.32. The van der Waals surface area contributed by atoms with Crippen LogP contribution in [0.15, 0.2) is 47.4 Å². The van der Waals surface area contributed by atoms with Crippen LogP contribution in [0.2, 0.25) is 5.02 Å². The van der Waals surface area contributed by atoms with Crippen LogP contribution in [0.3, 0.4) is 0 Å². The summed E-state index contributed by atoms with van der Waals surface area (Å²) < 4.78 is 12.9. The molecule has 4 nitrogen and oxygen atoms in total. The van der Waals surface area contributed by atoms with Gasteiger partial charge in [0.1, 0.15) is 5.82 Å². The maximum absolute atomic E-state index is 12.9. The van der Waals surface area contributed by atoms with E-state index in [2.05, 4.69) is 5.32 Å². The van der Waals surface area contributed by atoms with Crippen molar-refractivity contribution in [3.05, 3.63) is 58.9 Å². The zero-order valence-electron chi connectivity index (χ0n) is 14.6. The Morgan fingerprint density at radius 3 is 2.35 bits per heavy atom. The Labute approximate surface area is 161 Å². The van der Waals surface area contributed by atoms with Gasteiger partial charge in [-0.05, 0) is 56.3 Å². The third-order valence-corrected chi connectivity index (χ3v) is 5.04. The number of halogens is 2. The van der Waals surface area contributed by atoms with Crippen LogP contribution in [0, 0.1) is 5.82 Å². The molecule has 0 saturated carbocycles. The van der Waals surface area contributed by atoms with E-state index in [0.29, 0.717) is 29.4 Å². The number of anilines is 1. The second-order valence-corrected chi connectivity index (χ2v) is 6.92. The smallest absolute Gasteiger partial charge is 0.255 e. The second kappa shape index (κ2) is 9.59. The Hall–Kier alpha value is -2.05. The van der Waals surface area contributed by atoms with Crippen molar-refractivity contribution in [2.45, 2.75) is 18.7 Å². The van der Waals surface area contributed by atoms with Crippen molar-refractivity contribution in [3.63, 3.8) is 0 Å². The van der Waals surface area contributed by atoms with E-state index in [1.165, 1.54) is 23.9 Å². The van der Waals surface area contributed by atoms with Crippen molar-refractivity contribution >= 4 is 40.9 Å². The van der Waals surface area contributed by atoms with Crippen LogP contribution >= 0.6 is 23.4 Å². The Balaban J connectivity index is 1.97. The summed E-state index contributed by atoms with van der Waals surface area (Å²) >= 11 is 7.52. The third kappa shape index (κ3) is 5.47. The monoisotopic (exact) mass is 394 g/mol. The third-order valence-electron chi connectivity index (χ3n) is 3.72. The van der Waals surface area contributed by atoms with Gasteiger partial charge in [0, 0.05) is 23.7 Å². The van der Waals surface area contributed by atoms with Crippen LogP contribution in [0.4, 0.5) is 10.1 Å². The van der Waals surface area contributed by atoms with E-state index in [4.69, 9.17) is 11.6 Å². The summed E-state index contributed by atoms with van der Waals surface area (Å²) in [7, 11) is 0. The largest absolute Gasteiger partial charge is 0.339 e. The molecule has 0 aliphatic heterocycles. The average molecular weight is 395 g/mol. The number of hydrogen-bond donors (Lipinski definition) is 1. The molecule has 2 aromatic carbocycles. The summed E-state index contributed by atoms with van der Waals surface area (Å²) in [5, 5.41) is 3.04. The molecular weight excluding hydrogens is 375 g/mol. The molecule has 0 bridgehead atoms. The van der Waals surface area contributed by atoms with Crippen LogP contribution in [0.25, 0.3) is 0 Å². The van der Waals surface area contributed by atoms with E-state index in [0.717, 1.165) is 4.90 Å². The van der Waals surface area contributed by atoms with Crippen LogP contribution in [0.5, 0.6) is 0 Å². The summed E-state index contributed by atoms with van der Waals surface area (Å²) in [5.41, 5.74) is 0.935. The molecule has 0 aromatic heterocycles. The highest BCUT2D eigenvalue weighted by Gasteiger charge is 2.16. The summed E-state index contributed by atoms with van der Waals surface area (Å²) in [5.74, 6) is -0.473. The van der Waals surface area contributed by atoms with E-state index in [9.17, 15) is 14.0 Å². The molecule has 0 heterocycles. The van der Waals surface area contributed by atoms with Crippen molar-refractivity contribution < 1.29 is 14.0 Å². The first-order valence-electron chi connectivity index (χ1n) is 8.21. The number of nitrogens with zero attached hydrogens (tertiary/aromatic N) is 1. The zero-order chi connectivity index (χ0) is 19.1. The minimum absolute atomic E-state index is 0.134. The molecule has 26 heavy (non-hydrogen) atoms. The first kappa shape index (κ1) is 20.3. The van der Waals surface area contributed by atoms with Crippen LogP contribution in [0.1, 0.15) is 24.2 Å². The number of thioether (sulfide) groups is 1. The molecule has 0 saturated heterocycles. The van der Waals surface area contributed by atoms with Gasteiger partial charge in [-0.3, -0.25) is 9.59 Å². The van der Waals surface area contributed by atoms with Crippen LogP contribution in [-0.2, 0) is 4.79 Å². The van der Waals surface area contributed by atoms with E-state index in [1.807, 2.05) is 13.8 Å². The number of benzene rings is 2. The standard InChI is InChI=1S/C19H20ClFN2O2S/c1-3-23(4-2)19(25)16-10-7-14(11-17(16)20)22-18(24)12-26-15-8-5-13(21)6-9-15/h5-11H,3-4,12H2,1-2H3,(H,22,24). The highest BCUT2D eigenvalue weighted by Crippen LogP contribution is 2.23. The summed E-state index contributed by atoms with van der Waals surface area (Å²) in [6, 6.07) is 10.8. The lowest BCUT2D eigenvalue weighted by Gasteiger charge is -2.19. The molecule has 2 amide bonds. The summed E-state index contributed by atoms with van der Waals surface area (Å²) in [4.78, 5) is 26.9. The molecule has 138 valence electrons. The van der Waals surface area contributed by atoms with E-state index >= 15 is 0 Å². The number of hydrogen-bond acceptors (Lipinski definition) is 3. The maximum atomic E-state index is 12.9. The Bertz CT molecular complexity index is 780. The SMILES string of the molecule is CCN(CC)C(=O)c1ccc(NC(=O)CSc2ccc(F)cc2)cc1Cl. The number of nitrogens with one attached hydrogen (secondary N) is 1. The molecule has 2 rings (SSSR count). The molecule has 0 atom stereocenters. The van der Waals surface area contributed by atoms with Crippen LogP contribution in [-0.4, -0.2) is 35.6 Å². The van der Waals surface area contributed by atoms with Gasteiger partial charge in [0.2, 0.25) is 5.91 Å². The van der Waals surface area contributed by atoms with Gasteiger partial charge in [0.15, 0.2) is 0 Å². The van der Waals surface area contributed by atoms with Crippen molar-refractivity contribution in [1.29, 1.82) is 0 Å². The number of carbonyl (C=O) groups is 2. The van der Waals surface area contributed by atoms with E-state index in [1.54, 1.807) is 35.2 Å². The van der Waals surface area contributed by atoms with Gasteiger partial charge in [-0.15, -0.1) is 11.8 Å². The van der Waals surface area contributed by atoms with Crippen molar-refractivity contribution in [1.82, 2.24) is 4.90 Å². The predicted octanol–water partition coefficient (Wildman–Crippen LogP) is 4.69. The minimum Gasteiger partial charge on any atom is -0.339 e. The number of rotatable bonds is 7. The molecular formula is C19H20ClFN2O2S. The van der Waals surface area contributed by atoms with Gasteiger partial charge < -0.3 is 10.2 Å². The van der Waals surface area contributed by atoms with Gasteiger partial charge in [-0.1, -0.05) is 11.6 Å². The molecule has 2 aromatic rings. The first-order chi connectivity index (χ1) is 12.4. The van der Waals surface area contributed by atoms with Crippen LogP contribution < -0.4 is 5.32 Å². The van der Waals surface area contributed by atoms with Crippen molar-refractivity contribution in [2.75, 3.05) is 24.2 Å². The van der Waals surface area contributed by atoms with Gasteiger partial charge in [-0.2, -0.15) is 0 Å². The summed E-state index contributed by atoms with van der Waals surface area (Å²) in [6.07, 6.45) is 0. The highest BCUT2D eigenvalue weighted by atomic mass is 35.5. The molecule has 7 heteroatoms. The highest BCUT2D eigenvalue weighted by molar-refractivity contribution is 8.00. The van der Waals surface area contributed by atoms with Gasteiger partial charge in [0.05, 0.1) is 16.3 Å². The number of carbonyl (C=O) groups excluding carboxylic acids is 2. The first-order valence-corrected chi connectivity index (χ1v) is 9.58. The average Bonchev–Trinajstić information content (AvgIpc) is 2.62. The molecule has 0 spiro atoms. The lowest BCUT2D eigenvalue weighted by atomic mass is 10.1. The van der Waals surface area contributed by atoms with E-state index in [-0.39, 0.29) is 23.4 Å². The van der Waals surface area contributed by atoms with Gasteiger partial charge in [0.25, 0.3) is 5.91 Å². The van der Waals surface area contributed by atoms with Crippen molar-refractivity contribution in [3.8, 4) is 0 Å². The lowest BCUT2D eigenvalue weighted by molar-refractivity contribution is -0.113. The fraction of sp³-hybridized carbons (Fsp3) is 0.263. The molecule has 1 N–H and O–H groups in total. The molecule has 0 aliphatic carbocycles. The normalized spacial score (nSPS) is 10.5. The predicted molar refractivity (Wildman–Crippen MR) is 104 cm³/mol. The Morgan fingerprint density at radius 2 is 1.77 bits per heavy atom. The quantitative estimate of drug-likeness (QED) is 0.693. The minimum atomic E-state index is -0.312. The molecule has 0 unspecified atom stereocenters. The Morgan fingerprint density at radius 1 is 1.12 bits per heavy atom. The zero-order valence-corrected chi connectivity index (χ0v) is 16.2. The van der Waals surface area contributed by atoms with Gasteiger partial charge in [-0.25, -0.2) is 4.39 Å². The van der Waals surface area contributed by atoms with E-state index < -0.39 is 0 Å². The molecule has 0 fully saturated rings. The molecule has 0 aliphatic rings. The fourth-order valence-corrected chi connectivity index (χ4v) is 3.28. The van der Waals surface area contributed by atoms with Crippen molar-refractivity contribution in [2.24, 2.45) is 0 Å². The number of amides is 2. The summed E-state index contributed by atoms with van der Waals surface area (Å²) in [6.45, 7) is 5.01. The Kier molecular flexibility index (Phi) is 7.48. The molecule has 0 radical (unpaired) electrons. The van der Waals surface area contributed by atoms with Gasteiger partial charge >= 0.3 is 0 Å². The lowest BCUT2D eigenvalue weighted by Crippen LogP contribution is -2.30. The topological polar surface area (TPSA) is 49.4 Å². The maximum Gasteiger partial charge on any atom is 0.255 e. The second-order valence-electron chi connectivity index (χ2n) is 5.46.